The van der Waals surface area contributed by atoms with E-state index < -0.39 is 0 Å². The maximum atomic E-state index is 13.0. The molecule has 0 spiro atoms. The van der Waals surface area contributed by atoms with Gasteiger partial charge in [0.15, 0.2) is 0 Å². The minimum atomic E-state index is -0.317. The highest BCUT2D eigenvalue weighted by molar-refractivity contribution is 5.95. The molecule has 0 aliphatic carbocycles. The van der Waals surface area contributed by atoms with E-state index in [0.29, 0.717) is 18.5 Å². The van der Waals surface area contributed by atoms with Gasteiger partial charge in [0.05, 0.1) is 11.0 Å². The molecule has 1 aromatic carbocycles. The summed E-state index contributed by atoms with van der Waals surface area (Å²) in [6, 6.07) is 8.02. The number of para-hydroxylation sites is 1. The van der Waals surface area contributed by atoms with Gasteiger partial charge in [-0.25, -0.2) is 4.98 Å². The van der Waals surface area contributed by atoms with Crippen LogP contribution in [-0.2, 0) is 6.42 Å². The number of pyridine rings is 1. The Balaban J connectivity index is 0.00000171. The number of imidazole rings is 1. The Morgan fingerprint density at radius 1 is 1.16 bits per heavy atom. The number of halogens is 2. The number of benzene rings is 1. The molecule has 1 amide bonds. The lowest BCUT2D eigenvalue weighted by Crippen LogP contribution is -2.38. The molecule has 3 aromatic rings. The first-order chi connectivity index (χ1) is 14.0. The monoisotopic (exact) mass is 465 g/mol. The molecule has 1 aliphatic rings. The molecule has 4 rings (SSSR count). The van der Waals surface area contributed by atoms with Crippen molar-refractivity contribution in [3.8, 4) is 0 Å². The number of nitrogens with zero attached hydrogens (tertiary/aromatic N) is 2. The Labute approximate surface area is 193 Å². The van der Waals surface area contributed by atoms with E-state index in [2.05, 4.69) is 20.6 Å². The van der Waals surface area contributed by atoms with Gasteiger partial charge in [0.25, 0.3) is 11.5 Å². The minimum Gasteiger partial charge on any atom is -0.351 e. The summed E-state index contributed by atoms with van der Waals surface area (Å²) < 4.78 is 1.73. The van der Waals surface area contributed by atoms with Crippen molar-refractivity contribution in [3.05, 3.63) is 63.3 Å². The molecule has 2 aromatic heterocycles. The number of rotatable bonds is 5. The van der Waals surface area contributed by atoms with Crippen LogP contribution in [0.2, 0.25) is 0 Å². The van der Waals surface area contributed by atoms with Crippen LogP contribution < -0.4 is 16.2 Å². The summed E-state index contributed by atoms with van der Waals surface area (Å²) in [4.78, 5) is 33.7. The second-order valence-corrected chi connectivity index (χ2v) is 7.73. The van der Waals surface area contributed by atoms with E-state index in [9.17, 15) is 9.59 Å². The van der Waals surface area contributed by atoms with Gasteiger partial charge in [0, 0.05) is 25.2 Å². The average molecular weight is 466 g/mol. The predicted octanol–water partition coefficient (Wildman–Crippen LogP) is 3.08. The number of amides is 1. The molecule has 168 valence electrons. The number of piperidine rings is 1. The van der Waals surface area contributed by atoms with E-state index >= 15 is 0 Å². The first-order valence-electron chi connectivity index (χ1n) is 10.2. The van der Waals surface area contributed by atoms with E-state index in [1.54, 1.807) is 4.57 Å². The van der Waals surface area contributed by atoms with E-state index in [1.807, 2.05) is 44.3 Å². The summed E-state index contributed by atoms with van der Waals surface area (Å²) in [5, 5.41) is 6.20. The lowest BCUT2D eigenvalue weighted by molar-refractivity contribution is 0.0951. The van der Waals surface area contributed by atoms with Crippen LogP contribution in [-0.4, -0.2) is 40.1 Å². The van der Waals surface area contributed by atoms with Gasteiger partial charge in [-0.05, 0) is 63.0 Å². The SMILES string of the molecule is Cc1ccn(C2CCNCC2)c(=O)c1C(=O)NCCc1nc2c(C)cccc2[nH]1.Cl.Cl. The van der Waals surface area contributed by atoms with Crippen molar-refractivity contribution in [1.82, 2.24) is 25.2 Å². The van der Waals surface area contributed by atoms with Crippen LogP contribution in [0.1, 0.15) is 46.2 Å². The molecule has 9 heteroatoms. The third kappa shape index (κ3) is 5.29. The molecule has 3 heterocycles. The second kappa shape index (κ2) is 10.8. The Morgan fingerprint density at radius 3 is 2.61 bits per heavy atom. The number of fused-ring (bicyclic) bond motifs is 1. The molecule has 31 heavy (non-hydrogen) atoms. The van der Waals surface area contributed by atoms with Crippen molar-refractivity contribution in [3.63, 3.8) is 0 Å². The number of aromatic nitrogens is 3. The second-order valence-electron chi connectivity index (χ2n) is 7.73. The van der Waals surface area contributed by atoms with Crippen molar-refractivity contribution >= 4 is 41.8 Å². The third-order valence-electron chi connectivity index (χ3n) is 5.67. The fourth-order valence-electron chi connectivity index (χ4n) is 4.02. The van der Waals surface area contributed by atoms with Crippen LogP contribution in [0.3, 0.4) is 0 Å². The molecule has 1 fully saturated rings. The van der Waals surface area contributed by atoms with Crippen LogP contribution in [0.15, 0.2) is 35.3 Å². The molecule has 0 bridgehead atoms. The highest BCUT2D eigenvalue weighted by Crippen LogP contribution is 2.18. The maximum Gasteiger partial charge on any atom is 0.263 e. The first-order valence-corrected chi connectivity index (χ1v) is 10.2. The van der Waals surface area contributed by atoms with Crippen molar-refractivity contribution in [2.45, 2.75) is 39.2 Å². The zero-order chi connectivity index (χ0) is 20.4. The number of carbonyl (C=O) groups is 1. The molecule has 3 N–H and O–H groups in total. The van der Waals surface area contributed by atoms with Gasteiger partial charge in [-0.1, -0.05) is 12.1 Å². The van der Waals surface area contributed by atoms with Crippen molar-refractivity contribution < 1.29 is 4.79 Å². The number of H-pyrrole nitrogens is 1. The number of hydrogen-bond acceptors (Lipinski definition) is 4. The van der Waals surface area contributed by atoms with E-state index in [-0.39, 0.29) is 47.9 Å². The molecular formula is C22H29Cl2N5O2. The number of carbonyl (C=O) groups excluding carboxylic acids is 1. The summed E-state index contributed by atoms with van der Waals surface area (Å²) in [6.45, 7) is 6.04. The Hall–Kier alpha value is -2.35. The molecule has 0 radical (unpaired) electrons. The molecule has 0 unspecified atom stereocenters. The molecular weight excluding hydrogens is 437 g/mol. The fraction of sp³-hybridized carbons (Fsp3) is 0.409. The average Bonchev–Trinajstić information content (AvgIpc) is 3.13. The number of aromatic amines is 1. The zero-order valence-electron chi connectivity index (χ0n) is 17.7. The van der Waals surface area contributed by atoms with E-state index in [0.717, 1.165) is 48.4 Å². The highest BCUT2D eigenvalue weighted by atomic mass is 35.5. The third-order valence-corrected chi connectivity index (χ3v) is 5.67. The summed E-state index contributed by atoms with van der Waals surface area (Å²) in [5.74, 6) is 0.509. The minimum absolute atomic E-state index is 0. The number of hydrogen-bond donors (Lipinski definition) is 3. The topological polar surface area (TPSA) is 91.8 Å². The van der Waals surface area contributed by atoms with Gasteiger partial charge < -0.3 is 20.2 Å². The van der Waals surface area contributed by atoms with Crippen molar-refractivity contribution in [1.29, 1.82) is 0 Å². The lowest BCUT2D eigenvalue weighted by atomic mass is 10.0. The van der Waals surface area contributed by atoms with Crippen molar-refractivity contribution in [2.24, 2.45) is 0 Å². The zero-order valence-corrected chi connectivity index (χ0v) is 19.4. The van der Waals surface area contributed by atoms with Crippen molar-refractivity contribution in [2.75, 3.05) is 19.6 Å². The Kier molecular flexibility index (Phi) is 8.68. The highest BCUT2D eigenvalue weighted by Gasteiger charge is 2.21. The van der Waals surface area contributed by atoms with Gasteiger partial charge in [0.1, 0.15) is 11.4 Å². The molecule has 1 aliphatic heterocycles. The number of nitrogens with one attached hydrogen (secondary N) is 3. The Morgan fingerprint density at radius 2 is 1.90 bits per heavy atom. The largest absolute Gasteiger partial charge is 0.351 e. The van der Waals surface area contributed by atoms with Gasteiger partial charge in [-0.15, -0.1) is 24.8 Å². The summed E-state index contributed by atoms with van der Waals surface area (Å²) in [6.07, 6.45) is 4.19. The normalized spacial score (nSPS) is 14.0. The smallest absolute Gasteiger partial charge is 0.263 e. The maximum absolute atomic E-state index is 13.0. The van der Waals surface area contributed by atoms with Crippen LogP contribution in [0.5, 0.6) is 0 Å². The fourth-order valence-corrected chi connectivity index (χ4v) is 4.02. The summed E-state index contributed by atoms with van der Waals surface area (Å²) in [7, 11) is 0. The van der Waals surface area contributed by atoms with Gasteiger partial charge in [0.2, 0.25) is 0 Å². The van der Waals surface area contributed by atoms with Gasteiger partial charge in [-0.3, -0.25) is 9.59 Å². The van der Waals surface area contributed by atoms with Crippen LogP contribution in [0.4, 0.5) is 0 Å². The molecule has 1 saturated heterocycles. The van der Waals surface area contributed by atoms with Gasteiger partial charge in [-0.2, -0.15) is 0 Å². The lowest BCUT2D eigenvalue weighted by Gasteiger charge is -2.25. The molecule has 7 nitrogen and oxygen atoms in total. The van der Waals surface area contributed by atoms with E-state index in [1.165, 1.54) is 0 Å². The standard InChI is InChI=1S/C22H27N5O2.2ClH/c1-14-9-13-27(16-6-10-23-11-7-16)22(29)19(14)21(28)24-12-8-18-25-17-5-3-4-15(2)20(17)26-18;;/h3-5,9,13,16,23H,6-8,10-12H2,1-2H3,(H,24,28)(H,25,26);2*1H. The van der Waals surface area contributed by atoms with Crippen LogP contribution in [0, 0.1) is 13.8 Å². The number of aryl methyl sites for hydroxylation is 2. The summed E-state index contributed by atoms with van der Waals surface area (Å²) >= 11 is 0. The van der Waals surface area contributed by atoms with E-state index in [4.69, 9.17) is 0 Å². The Bertz CT molecular complexity index is 1100. The first kappa shape index (κ1) is 24.9. The molecule has 0 atom stereocenters. The molecule has 0 saturated carbocycles. The predicted molar refractivity (Wildman–Crippen MR) is 128 cm³/mol. The van der Waals surface area contributed by atoms with Crippen LogP contribution in [0.25, 0.3) is 11.0 Å². The summed E-state index contributed by atoms with van der Waals surface area (Å²) in [5.41, 5.74) is 3.82. The quantitative estimate of drug-likeness (QED) is 0.539. The van der Waals surface area contributed by atoms with Gasteiger partial charge >= 0.3 is 0 Å². The van der Waals surface area contributed by atoms with Crippen LogP contribution >= 0.6 is 24.8 Å².